The van der Waals surface area contributed by atoms with Crippen molar-refractivity contribution in [3.05, 3.63) is 11.3 Å². The van der Waals surface area contributed by atoms with Crippen molar-refractivity contribution in [2.75, 3.05) is 7.11 Å². The van der Waals surface area contributed by atoms with Gasteiger partial charge in [0, 0.05) is 5.57 Å². The fourth-order valence-electron chi connectivity index (χ4n) is 8.61. The molecule has 4 fully saturated rings. The van der Waals surface area contributed by atoms with Crippen LogP contribution in [0.1, 0.15) is 80.6 Å². The van der Waals surface area contributed by atoms with E-state index in [-0.39, 0.29) is 28.3 Å². The van der Waals surface area contributed by atoms with E-state index in [1.165, 1.54) is 6.42 Å². The number of ketones is 2. The summed E-state index contributed by atoms with van der Waals surface area (Å²) < 4.78 is 5.65. The van der Waals surface area contributed by atoms with Crippen molar-refractivity contribution in [2.24, 2.45) is 45.3 Å². The molecule has 0 aliphatic heterocycles. The molecule has 5 rings (SSSR count). The first kappa shape index (κ1) is 20.2. The summed E-state index contributed by atoms with van der Waals surface area (Å²) in [6.07, 6.45) is 5.42. The SMILES string of the molecule is COC1=C(C)C(=O)[C@@]2(C(=O)C1(C)C)[C@@H](C(C)C)CC[C@@]21CC[C@@H]2C[C@H]1C2(C)C. The fourth-order valence-corrected chi connectivity index (χ4v) is 8.61. The molecule has 2 bridgehead atoms. The summed E-state index contributed by atoms with van der Waals surface area (Å²) in [5, 5.41) is 0. The molecular weight excluding hydrogens is 348 g/mol. The molecule has 28 heavy (non-hydrogen) atoms. The summed E-state index contributed by atoms with van der Waals surface area (Å²) >= 11 is 0. The number of methoxy groups -OCH3 is 1. The summed E-state index contributed by atoms with van der Waals surface area (Å²) in [6, 6.07) is 0. The second kappa shape index (κ2) is 5.73. The van der Waals surface area contributed by atoms with Gasteiger partial charge in [0.05, 0.1) is 12.5 Å². The monoisotopic (exact) mass is 386 g/mol. The number of ether oxygens (including phenoxy) is 1. The van der Waals surface area contributed by atoms with Crippen LogP contribution in [-0.2, 0) is 14.3 Å². The van der Waals surface area contributed by atoms with Crippen LogP contribution in [0.2, 0.25) is 0 Å². The maximum Gasteiger partial charge on any atom is 0.176 e. The number of hydrogen-bond acceptors (Lipinski definition) is 3. The third-order valence-corrected chi connectivity index (χ3v) is 9.86. The Balaban J connectivity index is 2.01. The number of rotatable bonds is 2. The molecule has 5 aliphatic rings. The molecule has 0 N–H and O–H groups in total. The highest BCUT2D eigenvalue weighted by atomic mass is 16.5. The van der Waals surface area contributed by atoms with Crippen LogP contribution in [0.5, 0.6) is 0 Å². The molecule has 4 saturated carbocycles. The molecule has 0 aromatic rings. The Kier molecular flexibility index (Phi) is 4.13. The van der Waals surface area contributed by atoms with Crippen molar-refractivity contribution in [3.63, 3.8) is 0 Å². The standard InChI is InChI=1S/C25H38O3/c1-14(2)17-10-12-24(11-9-16-13-18(24)22(16,4)5)25(17)19(26)15(3)20(28-8)23(6,7)21(25)27/h14,16-18H,9-13H2,1-8H3/t16-,17-,18+,24-,25-/m1/s1. The Morgan fingerprint density at radius 1 is 1.04 bits per heavy atom. The predicted octanol–water partition coefficient (Wildman–Crippen LogP) is 5.58. The third-order valence-electron chi connectivity index (χ3n) is 9.86. The third kappa shape index (κ3) is 1.92. The minimum atomic E-state index is -0.871. The van der Waals surface area contributed by atoms with Gasteiger partial charge in [0.2, 0.25) is 0 Å². The average Bonchev–Trinajstić information content (AvgIpc) is 2.94. The lowest BCUT2D eigenvalue weighted by Gasteiger charge is -2.69. The summed E-state index contributed by atoms with van der Waals surface area (Å²) in [7, 11) is 1.60. The van der Waals surface area contributed by atoms with Crippen LogP contribution in [0.15, 0.2) is 11.3 Å². The molecule has 5 aliphatic carbocycles. The van der Waals surface area contributed by atoms with Crippen LogP contribution < -0.4 is 0 Å². The van der Waals surface area contributed by atoms with Crippen LogP contribution in [0, 0.1) is 45.3 Å². The van der Waals surface area contributed by atoms with Crippen LogP contribution in [0.4, 0.5) is 0 Å². The van der Waals surface area contributed by atoms with E-state index >= 15 is 0 Å². The molecule has 0 aromatic heterocycles. The van der Waals surface area contributed by atoms with E-state index in [4.69, 9.17) is 4.74 Å². The number of fused-ring (bicyclic) bond motifs is 1. The van der Waals surface area contributed by atoms with Gasteiger partial charge in [0.25, 0.3) is 0 Å². The summed E-state index contributed by atoms with van der Waals surface area (Å²) in [5.74, 6) is 2.50. The Morgan fingerprint density at radius 2 is 1.64 bits per heavy atom. The van der Waals surface area contributed by atoms with E-state index in [9.17, 15) is 9.59 Å². The molecule has 2 spiro atoms. The van der Waals surface area contributed by atoms with Gasteiger partial charge in [0.15, 0.2) is 11.6 Å². The number of carbonyl (C=O) groups excluding carboxylic acids is 2. The smallest absolute Gasteiger partial charge is 0.176 e. The van der Waals surface area contributed by atoms with Crippen molar-refractivity contribution >= 4 is 11.6 Å². The van der Waals surface area contributed by atoms with Crippen LogP contribution in [-0.4, -0.2) is 18.7 Å². The largest absolute Gasteiger partial charge is 0.500 e. The van der Waals surface area contributed by atoms with Crippen LogP contribution in [0.3, 0.4) is 0 Å². The van der Waals surface area contributed by atoms with Crippen LogP contribution >= 0.6 is 0 Å². The normalized spacial score (nSPS) is 43.8. The van der Waals surface area contributed by atoms with Gasteiger partial charge >= 0.3 is 0 Å². The first-order chi connectivity index (χ1) is 12.9. The van der Waals surface area contributed by atoms with Gasteiger partial charge in [-0.2, -0.15) is 0 Å². The molecule has 3 heteroatoms. The molecule has 3 nitrogen and oxygen atoms in total. The zero-order valence-corrected chi connectivity index (χ0v) is 19.1. The van der Waals surface area contributed by atoms with E-state index in [0.717, 1.165) is 31.6 Å². The predicted molar refractivity (Wildman–Crippen MR) is 111 cm³/mol. The lowest BCUT2D eigenvalue weighted by atomic mass is 9.33. The Bertz CT molecular complexity index is 769. The van der Waals surface area contributed by atoms with Crippen LogP contribution in [0.25, 0.3) is 0 Å². The number of Topliss-reactive ketones (excluding diaryl/α,β-unsaturated/α-hetero) is 2. The maximum atomic E-state index is 14.4. The van der Waals surface area contributed by atoms with E-state index in [1.807, 2.05) is 20.8 Å². The summed E-state index contributed by atoms with van der Waals surface area (Å²) in [4.78, 5) is 28.6. The van der Waals surface area contributed by atoms with E-state index in [0.29, 0.717) is 23.2 Å². The zero-order chi connectivity index (χ0) is 20.9. The number of carbonyl (C=O) groups is 2. The van der Waals surface area contributed by atoms with Gasteiger partial charge in [-0.15, -0.1) is 0 Å². The molecule has 0 saturated heterocycles. The number of allylic oxidation sites excluding steroid dienone is 2. The van der Waals surface area contributed by atoms with Gasteiger partial charge in [-0.25, -0.2) is 0 Å². The fraction of sp³-hybridized carbons (Fsp3) is 0.840. The Labute approximate surface area is 170 Å². The molecule has 0 radical (unpaired) electrons. The van der Waals surface area contributed by atoms with Crippen molar-refractivity contribution in [2.45, 2.75) is 80.6 Å². The molecule has 156 valence electrons. The van der Waals surface area contributed by atoms with Crippen molar-refractivity contribution in [1.29, 1.82) is 0 Å². The van der Waals surface area contributed by atoms with Crippen molar-refractivity contribution in [3.8, 4) is 0 Å². The van der Waals surface area contributed by atoms with Gasteiger partial charge in [-0.05, 0) is 87.4 Å². The van der Waals surface area contributed by atoms with Crippen molar-refractivity contribution < 1.29 is 14.3 Å². The highest BCUT2D eigenvalue weighted by Crippen LogP contribution is 2.78. The minimum absolute atomic E-state index is 0.0889. The minimum Gasteiger partial charge on any atom is -0.500 e. The van der Waals surface area contributed by atoms with E-state index < -0.39 is 10.8 Å². The molecule has 0 unspecified atom stereocenters. The van der Waals surface area contributed by atoms with Gasteiger partial charge < -0.3 is 4.74 Å². The van der Waals surface area contributed by atoms with Gasteiger partial charge in [-0.1, -0.05) is 27.7 Å². The van der Waals surface area contributed by atoms with Crippen molar-refractivity contribution in [1.82, 2.24) is 0 Å². The second-order valence-electron chi connectivity index (χ2n) is 11.6. The maximum absolute atomic E-state index is 14.4. The first-order valence-electron chi connectivity index (χ1n) is 11.3. The average molecular weight is 387 g/mol. The summed E-state index contributed by atoms with van der Waals surface area (Å²) in [5.41, 5.74) is -0.864. The topological polar surface area (TPSA) is 43.4 Å². The molecular formula is C25H38O3. The molecule has 0 amide bonds. The Morgan fingerprint density at radius 3 is 2.14 bits per heavy atom. The first-order valence-corrected chi connectivity index (χ1v) is 11.3. The lowest BCUT2D eigenvalue weighted by molar-refractivity contribution is -0.210. The Hall–Kier alpha value is -1.12. The zero-order valence-electron chi connectivity index (χ0n) is 19.1. The number of hydrogen-bond donors (Lipinski definition) is 0. The quantitative estimate of drug-likeness (QED) is 0.582. The lowest BCUT2D eigenvalue weighted by Crippen LogP contribution is -2.69. The molecule has 5 atom stereocenters. The van der Waals surface area contributed by atoms with E-state index in [1.54, 1.807) is 7.11 Å². The van der Waals surface area contributed by atoms with Gasteiger partial charge in [0.1, 0.15) is 11.2 Å². The highest BCUT2D eigenvalue weighted by molar-refractivity contribution is 6.20. The summed E-state index contributed by atoms with van der Waals surface area (Å²) in [6.45, 7) is 15.0. The molecule has 0 aromatic carbocycles. The van der Waals surface area contributed by atoms with Gasteiger partial charge in [-0.3, -0.25) is 9.59 Å². The van der Waals surface area contributed by atoms with E-state index in [2.05, 4.69) is 27.7 Å². The second-order valence-corrected chi connectivity index (χ2v) is 11.6. The molecule has 0 heterocycles. The highest BCUT2D eigenvalue weighted by Gasteiger charge is 2.78.